The van der Waals surface area contributed by atoms with Crippen molar-refractivity contribution in [3.05, 3.63) is 106 Å². The third-order valence-electron chi connectivity index (χ3n) is 8.78. The molecule has 0 aliphatic heterocycles. The maximum Gasteiger partial charge on any atom is 0.0449 e. The van der Waals surface area contributed by atoms with Crippen LogP contribution in [0.5, 0.6) is 0 Å². The summed E-state index contributed by atoms with van der Waals surface area (Å²) in [4.78, 5) is 2.80. The minimum absolute atomic E-state index is 0.808. The summed E-state index contributed by atoms with van der Waals surface area (Å²) < 4.78 is 0. The van der Waals surface area contributed by atoms with Gasteiger partial charge in [0.05, 0.1) is 0 Å². The first-order valence-electron chi connectivity index (χ1n) is 19.5. The summed E-state index contributed by atoms with van der Waals surface area (Å²) in [6, 6.07) is 9.68. The maximum absolute atomic E-state index is 6.95. The van der Waals surface area contributed by atoms with Gasteiger partial charge in [-0.25, -0.2) is 0 Å². The van der Waals surface area contributed by atoms with Crippen molar-refractivity contribution in [2.24, 2.45) is 0 Å². The zero-order valence-electron chi connectivity index (χ0n) is 35.0. The Bertz CT molecular complexity index is 1120. The number of rotatable bonds is 17. The van der Waals surface area contributed by atoms with Crippen molar-refractivity contribution in [1.82, 2.24) is 10.2 Å². The van der Waals surface area contributed by atoms with Crippen LogP contribution in [0.3, 0.4) is 0 Å². The molecule has 0 radical (unpaired) electrons. The Balaban J connectivity index is -0.000000576. The SMILES string of the molecule is C=C(C)/C(C)=C\C(C)=C/C.C=C1C(=C)C(NCCC)=C1C.CC.CCCC(CCC)N(CCC)C(CC)CC.CCc1ccc(C=N)cc1. The fourth-order valence-corrected chi connectivity index (χ4v) is 5.40. The molecule has 1 aromatic rings. The smallest absolute Gasteiger partial charge is 0.0449 e. The highest BCUT2D eigenvalue weighted by Crippen LogP contribution is 2.34. The first-order chi connectivity index (χ1) is 23.4. The number of hydrogen-bond donors (Lipinski definition) is 2. The van der Waals surface area contributed by atoms with Crippen LogP contribution in [0.15, 0.2) is 95.3 Å². The van der Waals surface area contributed by atoms with Gasteiger partial charge in [-0.2, -0.15) is 0 Å². The third kappa shape index (κ3) is 21.7. The minimum atomic E-state index is 0.808. The molecular weight excluding hydrogens is 595 g/mol. The van der Waals surface area contributed by atoms with E-state index in [1.54, 1.807) is 0 Å². The molecule has 0 amide bonds. The van der Waals surface area contributed by atoms with Gasteiger partial charge in [0.2, 0.25) is 0 Å². The Kier molecular flexibility index (Phi) is 33.3. The van der Waals surface area contributed by atoms with E-state index in [9.17, 15) is 0 Å². The Labute approximate surface area is 307 Å². The van der Waals surface area contributed by atoms with E-state index in [0.717, 1.165) is 53.8 Å². The average molecular weight is 676 g/mol. The molecule has 0 atom stereocenters. The van der Waals surface area contributed by atoms with Crippen LogP contribution in [-0.2, 0) is 6.42 Å². The summed E-state index contributed by atoms with van der Waals surface area (Å²) in [5, 5.41) is 10.3. The molecule has 0 unspecified atom stereocenters. The maximum atomic E-state index is 6.95. The lowest BCUT2D eigenvalue weighted by atomic mass is 9.85. The molecule has 0 aromatic heterocycles. The number of nitrogens with one attached hydrogen (secondary N) is 2. The summed E-state index contributed by atoms with van der Waals surface area (Å²) in [6.45, 7) is 44.2. The first kappa shape index (κ1) is 50.5. The fourth-order valence-electron chi connectivity index (χ4n) is 5.40. The van der Waals surface area contributed by atoms with E-state index in [1.165, 1.54) is 85.7 Å². The van der Waals surface area contributed by atoms with Crippen LogP contribution in [0, 0.1) is 5.41 Å². The van der Waals surface area contributed by atoms with E-state index in [2.05, 4.69) is 123 Å². The van der Waals surface area contributed by atoms with Gasteiger partial charge in [0, 0.05) is 30.5 Å². The number of allylic oxidation sites excluding steroid dienone is 7. The topological polar surface area (TPSA) is 39.1 Å². The largest absolute Gasteiger partial charge is 0.384 e. The van der Waals surface area contributed by atoms with E-state index >= 15 is 0 Å². The van der Waals surface area contributed by atoms with Gasteiger partial charge in [0.1, 0.15) is 0 Å². The molecule has 1 aliphatic rings. The van der Waals surface area contributed by atoms with E-state index in [1.807, 2.05) is 39.8 Å². The highest BCUT2D eigenvalue weighted by atomic mass is 15.2. The number of hydrogen-bond acceptors (Lipinski definition) is 3. The molecule has 1 aliphatic carbocycles. The normalized spacial score (nSPS) is 12.5. The lowest BCUT2D eigenvalue weighted by molar-refractivity contribution is 0.111. The molecular formula is C46H81N3. The highest BCUT2D eigenvalue weighted by molar-refractivity contribution is 5.76. The average Bonchev–Trinajstić information content (AvgIpc) is 3.13. The molecule has 0 fully saturated rings. The summed E-state index contributed by atoms with van der Waals surface area (Å²) >= 11 is 0. The molecule has 1 aromatic carbocycles. The zero-order valence-corrected chi connectivity index (χ0v) is 35.0. The molecule has 0 spiro atoms. The number of nitrogens with zero attached hydrogens (tertiary/aromatic N) is 1. The lowest BCUT2D eigenvalue weighted by Gasteiger charge is -2.37. The molecule has 2 rings (SSSR count). The fraction of sp³-hybridized carbons (Fsp3) is 0.587. The molecule has 2 N–H and O–H groups in total. The van der Waals surface area contributed by atoms with Crippen LogP contribution in [0.2, 0.25) is 0 Å². The van der Waals surface area contributed by atoms with Gasteiger partial charge in [-0.05, 0) is 120 Å². The Hall–Kier alpha value is -2.91. The van der Waals surface area contributed by atoms with E-state index in [-0.39, 0.29) is 0 Å². The van der Waals surface area contributed by atoms with Crippen molar-refractivity contribution in [1.29, 1.82) is 5.41 Å². The van der Waals surface area contributed by atoms with E-state index in [0.29, 0.717) is 0 Å². The second-order valence-corrected chi connectivity index (χ2v) is 12.7. The van der Waals surface area contributed by atoms with Gasteiger partial charge in [-0.1, -0.05) is 142 Å². The van der Waals surface area contributed by atoms with Crippen molar-refractivity contribution in [2.45, 2.75) is 167 Å². The Morgan fingerprint density at radius 3 is 1.69 bits per heavy atom. The molecule has 3 nitrogen and oxygen atoms in total. The van der Waals surface area contributed by atoms with Gasteiger partial charge in [-0.3, -0.25) is 4.90 Å². The first-order valence-corrected chi connectivity index (χ1v) is 19.5. The minimum Gasteiger partial charge on any atom is -0.384 e. The number of aryl methyl sites for hydroxylation is 1. The van der Waals surface area contributed by atoms with Gasteiger partial charge >= 0.3 is 0 Å². The third-order valence-corrected chi connectivity index (χ3v) is 8.78. The number of benzene rings is 1. The molecule has 0 heterocycles. The van der Waals surface area contributed by atoms with Crippen LogP contribution in [0.4, 0.5) is 0 Å². The molecule has 0 bridgehead atoms. The van der Waals surface area contributed by atoms with E-state index in [4.69, 9.17) is 5.41 Å². The predicted octanol–water partition coefficient (Wildman–Crippen LogP) is 14.0. The molecule has 280 valence electrons. The van der Waals surface area contributed by atoms with Crippen molar-refractivity contribution in [2.75, 3.05) is 13.1 Å². The predicted molar refractivity (Wildman–Crippen MR) is 227 cm³/mol. The van der Waals surface area contributed by atoms with Crippen molar-refractivity contribution >= 4 is 6.21 Å². The standard InChI is InChI=1S/C15H33N.C10H15N.C10H16.C9H11N.C2H6/c1-6-11-15(12-7-2)16(13-8-3)14(9-4)10-5;1-5-6-11-10-8(3)7(2)9(10)4;1-6-9(4)7-10(5)8(2)3;1-2-8-3-5-9(7-10)6-4-8;1-2/h14-15H,6-13H2,1-5H3;11H,2-3,5-6H2,1,4H3;6-7H,2H2,1,3-5H3;3-7,10H,2H2,1H3;1-2H3/b;;9-6-,10-7-;;. The molecule has 49 heavy (non-hydrogen) atoms. The summed E-state index contributed by atoms with van der Waals surface area (Å²) in [6.07, 6.45) is 17.1. The monoisotopic (exact) mass is 676 g/mol. The van der Waals surface area contributed by atoms with Crippen molar-refractivity contribution < 1.29 is 0 Å². The van der Waals surface area contributed by atoms with Crippen molar-refractivity contribution in [3.8, 4) is 0 Å². The van der Waals surface area contributed by atoms with Gasteiger partial charge in [0.25, 0.3) is 0 Å². The highest BCUT2D eigenvalue weighted by Gasteiger charge is 2.22. The molecule has 0 saturated carbocycles. The summed E-state index contributed by atoms with van der Waals surface area (Å²) in [5.74, 6) is 0. The van der Waals surface area contributed by atoms with Crippen molar-refractivity contribution in [3.63, 3.8) is 0 Å². The van der Waals surface area contributed by atoms with E-state index < -0.39 is 0 Å². The Morgan fingerprint density at radius 2 is 1.35 bits per heavy atom. The quantitative estimate of drug-likeness (QED) is 0.127. The lowest BCUT2D eigenvalue weighted by Crippen LogP contribution is -2.43. The summed E-state index contributed by atoms with van der Waals surface area (Å²) in [7, 11) is 0. The molecule has 3 heteroatoms. The Morgan fingerprint density at radius 1 is 0.816 bits per heavy atom. The van der Waals surface area contributed by atoms with Crippen LogP contribution in [-0.4, -0.2) is 36.3 Å². The van der Waals surface area contributed by atoms with Gasteiger partial charge in [-0.15, -0.1) is 0 Å². The van der Waals surface area contributed by atoms with Gasteiger partial charge in [0.15, 0.2) is 0 Å². The van der Waals surface area contributed by atoms with Crippen LogP contribution >= 0.6 is 0 Å². The zero-order chi connectivity index (χ0) is 38.4. The second-order valence-electron chi connectivity index (χ2n) is 12.7. The molecule has 0 saturated heterocycles. The van der Waals surface area contributed by atoms with Crippen LogP contribution < -0.4 is 5.32 Å². The van der Waals surface area contributed by atoms with Gasteiger partial charge < -0.3 is 10.7 Å². The summed E-state index contributed by atoms with van der Waals surface area (Å²) in [5.41, 5.74) is 10.6. The second kappa shape index (κ2) is 32.3. The van der Waals surface area contributed by atoms with Crippen LogP contribution in [0.1, 0.15) is 159 Å². The van der Waals surface area contributed by atoms with Crippen LogP contribution in [0.25, 0.3) is 0 Å².